The third-order valence-corrected chi connectivity index (χ3v) is 4.08. The maximum Gasteiger partial charge on any atom is 0.409 e. The van der Waals surface area contributed by atoms with Crippen LogP contribution in [0.3, 0.4) is 0 Å². The summed E-state index contributed by atoms with van der Waals surface area (Å²) in [6.07, 6.45) is 1.60. The number of unbranched alkanes of at least 4 members (excludes halogenated alkanes) is 1. The Bertz CT molecular complexity index is 712. The summed E-state index contributed by atoms with van der Waals surface area (Å²) in [4.78, 5) is 25.0. The second-order valence-corrected chi connectivity index (χ2v) is 6.09. The normalized spacial score (nSPS) is 13.5. The fourth-order valence-electron chi connectivity index (χ4n) is 2.46. The van der Waals surface area contributed by atoms with Crippen molar-refractivity contribution in [3.8, 4) is 11.8 Å². The number of nitrogens with two attached hydrogens (primary N) is 1. The number of hydrogen-bond donors (Lipinski definition) is 1. The van der Waals surface area contributed by atoms with Crippen LogP contribution in [0.2, 0.25) is 0 Å². The first kappa shape index (κ1) is 18.7. The van der Waals surface area contributed by atoms with Crippen LogP contribution < -0.4 is 5.73 Å². The highest BCUT2D eigenvalue weighted by molar-refractivity contribution is 5.92. The Morgan fingerprint density at radius 2 is 2.08 bits per heavy atom. The Morgan fingerprint density at radius 1 is 1.36 bits per heavy atom. The van der Waals surface area contributed by atoms with Gasteiger partial charge in [-0.3, -0.25) is 0 Å². The molecule has 0 radical (unpaired) electrons. The molecular formula is C19H24N2O4. The molecule has 6 heteroatoms. The fourth-order valence-corrected chi connectivity index (χ4v) is 2.46. The Hall–Kier alpha value is -2.68. The molecule has 1 amide bonds. The van der Waals surface area contributed by atoms with Crippen LogP contribution in [0.25, 0.3) is 0 Å². The number of methoxy groups -OCH3 is 1. The van der Waals surface area contributed by atoms with Crippen molar-refractivity contribution < 1.29 is 19.1 Å². The average molecular weight is 344 g/mol. The molecule has 1 fully saturated rings. The van der Waals surface area contributed by atoms with E-state index in [0.29, 0.717) is 36.5 Å². The molecule has 1 aromatic carbocycles. The van der Waals surface area contributed by atoms with Gasteiger partial charge in [0.1, 0.15) is 0 Å². The monoisotopic (exact) mass is 344 g/mol. The Labute approximate surface area is 148 Å². The molecule has 2 N–H and O–H groups in total. The quantitative estimate of drug-likeness (QED) is 0.393. The summed E-state index contributed by atoms with van der Waals surface area (Å²) in [6, 6.07) is 3.37. The zero-order valence-electron chi connectivity index (χ0n) is 14.9. The predicted octanol–water partition coefficient (Wildman–Crippen LogP) is 2.58. The van der Waals surface area contributed by atoms with E-state index in [9.17, 15) is 9.59 Å². The van der Waals surface area contributed by atoms with Gasteiger partial charge in [0.05, 0.1) is 25.2 Å². The van der Waals surface area contributed by atoms with Gasteiger partial charge in [-0.1, -0.05) is 25.2 Å². The Balaban J connectivity index is 1.94. The molecule has 0 aromatic heterocycles. The number of amides is 1. The molecule has 0 bridgehead atoms. The molecule has 1 aliphatic rings. The Morgan fingerprint density at radius 3 is 2.72 bits per heavy atom. The van der Waals surface area contributed by atoms with Crippen molar-refractivity contribution in [2.45, 2.75) is 26.7 Å². The topological polar surface area (TPSA) is 81.9 Å². The minimum Gasteiger partial charge on any atom is -0.465 e. The minimum absolute atomic E-state index is 0.110. The van der Waals surface area contributed by atoms with Gasteiger partial charge in [0.2, 0.25) is 0 Å². The molecule has 1 aromatic rings. The van der Waals surface area contributed by atoms with E-state index in [1.807, 2.05) is 13.8 Å². The van der Waals surface area contributed by atoms with Crippen molar-refractivity contribution in [1.82, 2.24) is 4.90 Å². The lowest BCUT2D eigenvalue weighted by Crippen LogP contribution is -2.49. The fraction of sp³-hybridized carbons (Fsp3) is 0.474. The highest BCUT2D eigenvalue weighted by Gasteiger charge is 2.30. The van der Waals surface area contributed by atoms with Crippen molar-refractivity contribution >= 4 is 17.7 Å². The number of ether oxygens (including phenoxy) is 2. The maximum atomic E-state index is 11.7. The van der Waals surface area contributed by atoms with Gasteiger partial charge in [0.15, 0.2) is 0 Å². The van der Waals surface area contributed by atoms with Crippen molar-refractivity contribution in [2.75, 3.05) is 32.5 Å². The van der Waals surface area contributed by atoms with Gasteiger partial charge in [-0.2, -0.15) is 0 Å². The van der Waals surface area contributed by atoms with Crippen molar-refractivity contribution in [1.29, 1.82) is 0 Å². The number of likely N-dealkylation sites (tertiary alicyclic amines) is 1. The highest BCUT2D eigenvalue weighted by Crippen LogP contribution is 2.20. The van der Waals surface area contributed by atoms with Crippen LogP contribution in [0.1, 0.15) is 41.3 Å². The number of esters is 1. The van der Waals surface area contributed by atoms with E-state index >= 15 is 0 Å². The van der Waals surface area contributed by atoms with Crippen molar-refractivity contribution in [3.63, 3.8) is 0 Å². The first-order valence-corrected chi connectivity index (χ1v) is 8.38. The van der Waals surface area contributed by atoms with Crippen LogP contribution >= 0.6 is 0 Å². The summed E-state index contributed by atoms with van der Waals surface area (Å²) < 4.78 is 9.88. The van der Waals surface area contributed by atoms with Gasteiger partial charge >= 0.3 is 12.1 Å². The van der Waals surface area contributed by atoms with Gasteiger partial charge in [0.25, 0.3) is 0 Å². The summed E-state index contributed by atoms with van der Waals surface area (Å²) in [5, 5.41) is 0. The van der Waals surface area contributed by atoms with E-state index in [2.05, 4.69) is 11.8 Å². The molecule has 6 nitrogen and oxygen atoms in total. The second-order valence-electron chi connectivity index (χ2n) is 6.09. The summed E-state index contributed by atoms with van der Waals surface area (Å²) in [7, 11) is 1.33. The van der Waals surface area contributed by atoms with Gasteiger partial charge in [-0.25, -0.2) is 9.59 Å². The van der Waals surface area contributed by atoms with E-state index < -0.39 is 5.97 Å². The van der Waals surface area contributed by atoms with Crippen LogP contribution in [-0.2, 0) is 9.47 Å². The first-order chi connectivity index (χ1) is 12.0. The van der Waals surface area contributed by atoms with E-state index in [4.69, 9.17) is 15.2 Å². The molecule has 1 saturated heterocycles. The summed E-state index contributed by atoms with van der Waals surface area (Å²) in [6.45, 7) is 5.46. The van der Waals surface area contributed by atoms with Gasteiger partial charge < -0.3 is 20.1 Å². The summed E-state index contributed by atoms with van der Waals surface area (Å²) >= 11 is 0. The second kappa shape index (κ2) is 8.43. The minimum atomic E-state index is -0.417. The van der Waals surface area contributed by atoms with Crippen LogP contribution in [0.4, 0.5) is 10.5 Å². The van der Waals surface area contributed by atoms with E-state index in [1.54, 1.807) is 17.0 Å². The smallest absolute Gasteiger partial charge is 0.409 e. The van der Waals surface area contributed by atoms with Crippen molar-refractivity contribution in [2.24, 2.45) is 5.92 Å². The molecule has 0 unspecified atom stereocenters. The molecule has 1 heterocycles. The number of rotatable bonds is 4. The lowest BCUT2D eigenvalue weighted by atomic mass is 9.99. The number of nitrogen functional groups attached to an aromatic ring is 1. The standard InChI is InChI=1S/C19H24N2O4/c1-4-5-8-25-19(23)21-11-14(12-21)6-7-15-9-13(2)16(10-17(15)20)18(22)24-3/h9-10,14H,4-5,8,11-12,20H2,1-3H3. The lowest BCUT2D eigenvalue weighted by Gasteiger charge is -2.35. The number of aryl methyl sites for hydroxylation is 1. The number of benzene rings is 1. The highest BCUT2D eigenvalue weighted by atomic mass is 16.6. The van der Waals surface area contributed by atoms with Crippen LogP contribution in [-0.4, -0.2) is 43.8 Å². The first-order valence-electron chi connectivity index (χ1n) is 8.38. The average Bonchev–Trinajstić information content (AvgIpc) is 2.55. The Kier molecular flexibility index (Phi) is 6.29. The number of hydrogen-bond acceptors (Lipinski definition) is 5. The maximum absolute atomic E-state index is 11.7. The summed E-state index contributed by atoms with van der Waals surface area (Å²) in [5.74, 6) is 5.86. The molecular weight excluding hydrogens is 320 g/mol. The van der Waals surface area contributed by atoms with Gasteiger partial charge in [-0.05, 0) is 31.0 Å². The van der Waals surface area contributed by atoms with Gasteiger partial charge in [0, 0.05) is 24.3 Å². The predicted molar refractivity (Wildman–Crippen MR) is 95.1 cm³/mol. The molecule has 25 heavy (non-hydrogen) atoms. The third-order valence-electron chi connectivity index (χ3n) is 4.08. The molecule has 0 atom stereocenters. The number of carbonyl (C=O) groups is 2. The molecule has 0 spiro atoms. The number of anilines is 1. The number of nitrogens with zero attached hydrogens (tertiary/aromatic N) is 1. The number of carbonyl (C=O) groups excluding carboxylic acids is 2. The molecule has 1 aliphatic heterocycles. The zero-order chi connectivity index (χ0) is 18.4. The zero-order valence-corrected chi connectivity index (χ0v) is 14.9. The van der Waals surface area contributed by atoms with E-state index in [-0.39, 0.29) is 12.0 Å². The molecule has 0 saturated carbocycles. The molecule has 134 valence electrons. The summed E-state index contributed by atoms with van der Waals surface area (Å²) in [5.41, 5.74) is 8.29. The van der Waals surface area contributed by atoms with Crippen LogP contribution in [0.5, 0.6) is 0 Å². The van der Waals surface area contributed by atoms with E-state index in [0.717, 1.165) is 18.4 Å². The van der Waals surface area contributed by atoms with Crippen molar-refractivity contribution in [3.05, 3.63) is 28.8 Å². The van der Waals surface area contributed by atoms with Gasteiger partial charge in [-0.15, -0.1) is 0 Å². The SMILES string of the molecule is CCCCOC(=O)N1CC(C#Cc2cc(C)c(C(=O)OC)cc2N)C1. The molecule has 0 aliphatic carbocycles. The lowest BCUT2D eigenvalue weighted by molar-refractivity contribution is 0.0599. The third kappa shape index (κ3) is 4.66. The van der Waals surface area contributed by atoms with E-state index in [1.165, 1.54) is 7.11 Å². The molecule has 2 rings (SSSR count). The van der Waals surface area contributed by atoms with Crippen LogP contribution in [0.15, 0.2) is 12.1 Å². The largest absolute Gasteiger partial charge is 0.465 e. The van der Waals surface area contributed by atoms with Crippen LogP contribution in [0, 0.1) is 24.7 Å².